The van der Waals surface area contributed by atoms with Gasteiger partial charge in [0.1, 0.15) is 0 Å². The molecule has 78 valence electrons. The summed E-state index contributed by atoms with van der Waals surface area (Å²) >= 11 is 0. The van der Waals surface area contributed by atoms with E-state index in [1.807, 2.05) is 13.8 Å². The van der Waals surface area contributed by atoms with E-state index < -0.39 is 12.0 Å². The number of ether oxygens (including phenoxy) is 1. The molecule has 0 radical (unpaired) electrons. The van der Waals surface area contributed by atoms with E-state index in [4.69, 9.17) is 5.73 Å². The van der Waals surface area contributed by atoms with Crippen molar-refractivity contribution in [3.05, 3.63) is 0 Å². The zero-order valence-electron chi connectivity index (χ0n) is 8.34. The van der Waals surface area contributed by atoms with Crippen LogP contribution in [-0.4, -0.2) is 33.3 Å². The van der Waals surface area contributed by atoms with Gasteiger partial charge in [-0.2, -0.15) is 4.68 Å². The second-order valence-corrected chi connectivity index (χ2v) is 3.19. The highest BCUT2D eigenvalue weighted by atomic mass is 16.5. The molecule has 1 heterocycles. The molecule has 7 heteroatoms. The van der Waals surface area contributed by atoms with Crippen LogP contribution in [0.5, 0.6) is 0 Å². The largest absolute Gasteiger partial charge is 0.467 e. The van der Waals surface area contributed by atoms with Crippen LogP contribution in [0.25, 0.3) is 0 Å². The van der Waals surface area contributed by atoms with Crippen molar-refractivity contribution < 1.29 is 9.53 Å². The van der Waals surface area contributed by atoms with Gasteiger partial charge >= 0.3 is 5.97 Å². The molecule has 0 aliphatic heterocycles. The van der Waals surface area contributed by atoms with E-state index >= 15 is 0 Å². The minimum absolute atomic E-state index is 0.00764. The predicted molar refractivity (Wildman–Crippen MR) is 48.1 cm³/mol. The Morgan fingerprint density at radius 3 is 2.57 bits per heavy atom. The van der Waals surface area contributed by atoms with E-state index in [-0.39, 0.29) is 11.9 Å². The number of nitrogens with zero attached hydrogens (tertiary/aromatic N) is 4. The fourth-order valence-corrected chi connectivity index (χ4v) is 1.17. The molecular formula is C7H13N5O2. The van der Waals surface area contributed by atoms with Gasteiger partial charge in [0.25, 0.3) is 0 Å². The summed E-state index contributed by atoms with van der Waals surface area (Å²) in [5, 5.41) is 10.5. The SMILES string of the molecule is COC(=O)C(C(C)C)n1nnnc1N. The number of methoxy groups -OCH3 is 1. The number of nitrogen functional groups attached to an aromatic ring is 1. The van der Waals surface area contributed by atoms with Gasteiger partial charge in [-0.05, 0) is 16.3 Å². The molecule has 1 rings (SSSR count). The first-order valence-corrected chi connectivity index (χ1v) is 4.19. The summed E-state index contributed by atoms with van der Waals surface area (Å²) in [6, 6.07) is -0.574. The highest BCUT2D eigenvalue weighted by Crippen LogP contribution is 2.19. The molecule has 0 fully saturated rings. The third-order valence-electron chi connectivity index (χ3n) is 1.86. The van der Waals surface area contributed by atoms with Crippen LogP contribution in [0, 0.1) is 5.92 Å². The molecule has 1 aromatic rings. The summed E-state index contributed by atoms with van der Waals surface area (Å²) in [4.78, 5) is 11.4. The van der Waals surface area contributed by atoms with E-state index in [0.717, 1.165) is 0 Å². The van der Waals surface area contributed by atoms with Crippen LogP contribution >= 0.6 is 0 Å². The Balaban J connectivity index is 3.00. The average Bonchev–Trinajstić information content (AvgIpc) is 2.52. The van der Waals surface area contributed by atoms with Crippen molar-refractivity contribution in [3.8, 4) is 0 Å². The van der Waals surface area contributed by atoms with Gasteiger partial charge < -0.3 is 10.5 Å². The predicted octanol–water partition coefficient (Wildman–Crippen LogP) is -0.375. The maximum Gasteiger partial charge on any atom is 0.331 e. The van der Waals surface area contributed by atoms with Gasteiger partial charge in [-0.15, -0.1) is 0 Å². The lowest BCUT2D eigenvalue weighted by Gasteiger charge is -2.17. The number of rotatable bonds is 3. The van der Waals surface area contributed by atoms with Crippen LogP contribution in [0.3, 0.4) is 0 Å². The first kappa shape index (κ1) is 10.4. The van der Waals surface area contributed by atoms with Crippen molar-refractivity contribution >= 4 is 11.9 Å². The van der Waals surface area contributed by atoms with Gasteiger partial charge in [0, 0.05) is 0 Å². The van der Waals surface area contributed by atoms with E-state index in [9.17, 15) is 4.79 Å². The topological polar surface area (TPSA) is 95.9 Å². The van der Waals surface area contributed by atoms with Crippen LogP contribution in [0.1, 0.15) is 19.9 Å². The summed E-state index contributed by atoms with van der Waals surface area (Å²) in [6.45, 7) is 3.73. The lowest BCUT2D eigenvalue weighted by atomic mass is 10.1. The monoisotopic (exact) mass is 199 g/mol. The van der Waals surface area contributed by atoms with Gasteiger partial charge in [-0.3, -0.25) is 0 Å². The van der Waals surface area contributed by atoms with Crippen LogP contribution in [0.15, 0.2) is 0 Å². The lowest BCUT2D eigenvalue weighted by molar-refractivity contribution is -0.146. The molecule has 0 bridgehead atoms. The number of anilines is 1. The standard InChI is InChI=1S/C7H13N5O2/c1-4(2)5(6(13)14-3)12-7(8)9-10-11-12/h4-5H,1-3H3,(H2,8,9,11). The highest BCUT2D eigenvalue weighted by Gasteiger charge is 2.28. The summed E-state index contributed by atoms with van der Waals surface area (Å²) in [7, 11) is 1.32. The molecule has 7 nitrogen and oxygen atoms in total. The number of tetrazole rings is 1. The Bertz CT molecular complexity index is 322. The van der Waals surface area contributed by atoms with Gasteiger partial charge in [0.05, 0.1) is 7.11 Å². The van der Waals surface area contributed by atoms with Gasteiger partial charge in [-0.25, -0.2) is 4.79 Å². The molecule has 0 aliphatic carbocycles. The first-order chi connectivity index (χ1) is 6.57. The molecule has 2 N–H and O–H groups in total. The number of nitrogens with two attached hydrogens (primary N) is 1. The number of hydrogen-bond donors (Lipinski definition) is 1. The van der Waals surface area contributed by atoms with Crippen molar-refractivity contribution in [2.75, 3.05) is 12.8 Å². The van der Waals surface area contributed by atoms with Crippen molar-refractivity contribution in [1.29, 1.82) is 0 Å². The van der Waals surface area contributed by atoms with E-state index in [1.54, 1.807) is 0 Å². The second kappa shape index (κ2) is 4.03. The molecule has 1 aromatic heterocycles. The Morgan fingerprint density at radius 2 is 2.21 bits per heavy atom. The molecule has 0 saturated carbocycles. The zero-order chi connectivity index (χ0) is 10.7. The molecule has 1 atom stereocenters. The average molecular weight is 199 g/mol. The molecule has 0 spiro atoms. The minimum Gasteiger partial charge on any atom is -0.467 e. The smallest absolute Gasteiger partial charge is 0.331 e. The summed E-state index contributed by atoms with van der Waals surface area (Å²) in [5.41, 5.74) is 5.49. The summed E-state index contributed by atoms with van der Waals surface area (Å²) in [6.07, 6.45) is 0. The molecule has 0 aliphatic rings. The molecule has 14 heavy (non-hydrogen) atoms. The Kier molecular flexibility index (Phi) is 3.00. The molecule has 0 aromatic carbocycles. The zero-order valence-corrected chi connectivity index (χ0v) is 8.34. The second-order valence-electron chi connectivity index (χ2n) is 3.19. The van der Waals surface area contributed by atoms with Gasteiger partial charge in [0.15, 0.2) is 6.04 Å². The van der Waals surface area contributed by atoms with E-state index in [0.29, 0.717) is 0 Å². The Morgan fingerprint density at radius 1 is 1.57 bits per heavy atom. The fraction of sp³-hybridized carbons (Fsp3) is 0.714. The van der Waals surface area contributed by atoms with Crippen LogP contribution in [0.2, 0.25) is 0 Å². The molecular weight excluding hydrogens is 186 g/mol. The van der Waals surface area contributed by atoms with Crippen molar-refractivity contribution in [2.24, 2.45) is 5.92 Å². The van der Waals surface area contributed by atoms with Gasteiger partial charge in [-0.1, -0.05) is 18.9 Å². The van der Waals surface area contributed by atoms with Crippen molar-refractivity contribution in [2.45, 2.75) is 19.9 Å². The fourth-order valence-electron chi connectivity index (χ4n) is 1.17. The number of carbonyl (C=O) groups excluding carboxylic acids is 1. The first-order valence-electron chi connectivity index (χ1n) is 4.19. The molecule has 0 amide bonds. The number of aromatic nitrogens is 4. The quantitative estimate of drug-likeness (QED) is 0.667. The lowest BCUT2D eigenvalue weighted by Crippen LogP contribution is -2.27. The third-order valence-corrected chi connectivity index (χ3v) is 1.86. The summed E-state index contributed by atoms with van der Waals surface area (Å²) in [5.74, 6) is -0.290. The van der Waals surface area contributed by atoms with Crippen LogP contribution < -0.4 is 5.73 Å². The normalized spacial score (nSPS) is 12.9. The van der Waals surface area contributed by atoms with Crippen LogP contribution in [0.4, 0.5) is 5.95 Å². The Hall–Kier alpha value is -1.66. The third kappa shape index (κ3) is 1.81. The van der Waals surface area contributed by atoms with Crippen molar-refractivity contribution in [1.82, 2.24) is 20.2 Å². The maximum absolute atomic E-state index is 11.4. The van der Waals surface area contributed by atoms with Crippen molar-refractivity contribution in [3.63, 3.8) is 0 Å². The highest BCUT2D eigenvalue weighted by molar-refractivity contribution is 5.74. The Labute approximate surface area is 81.2 Å². The van der Waals surface area contributed by atoms with E-state index in [1.165, 1.54) is 11.8 Å². The minimum atomic E-state index is -0.574. The molecule has 0 saturated heterocycles. The van der Waals surface area contributed by atoms with E-state index in [2.05, 4.69) is 20.3 Å². The summed E-state index contributed by atoms with van der Waals surface area (Å²) < 4.78 is 5.90. The number of esters is 1. The number of hydrogen-bond acceptors (Lipinski definition) is 6. The van der Waals surface area contributed by atoms with Gasteiger partial charge in [0.2, 0.25) is 5.95 Å². The number of carbonyl (C=O) groups is 1. The maximum atomic E-state index is 11.4. The molecule has 1 unspecified atom stereocenters. The van der Waals surface area contributed by atoms with Crippen LogP contribution in [-0.2, 0) is 9.53 Å².